The van der Waals surface area contributed by atoms with Crippen LogP contribution in [0.1, 0.15) is 111 Å². The molecule has 3 aromatic heterocycles. The molecule has 25 nitrogen and oxygen atoms in total. The van der Waals surface area contributed by atoms with E-state index >= 15 is 0 Å². The largest absolute Gasteiger partial charge is 0.394 e. The van der Waals surface area contributed by atoms with Crippen molar-refractivity contribution in [3.05, 3.63) is 253 Å². The predicted octanol–water partition coefficient (Wildman–Crippen LogP) is 9.20. The Kier molecular flexibility index (Phi) is 29.6. The Bertz CT molecular complexity index is 5170. The van der Waals surface area contributed by atoms with Crippen LogP contribution >= 0.6 is 34.9 Å². The lowest BCUT2D eigenvalue weighted by Gasteiger charge is -2.34. The fourth-order valence-electron chi connectivity index (χ4n) is 15.9. The number of rotatable bonds is 12. The molecule has 18 rings (SSSR count). The normalized spacial score (nSPS) is 29.7. The van der Waals surface area contributed by atoms with Crippen LogP contribution in [0.4, 0.5) is 0 Å². The summed E-state index contributed by atoms with van der Waals surface area (Å²) in [5, 5.41) is 154. The lowest BCUT2D eigenvalue weighted by Crippen LogP contribution is -2.41. The molecule has 9 aromatic rings. The predicted molar refractivity (Wildman–Crippen MR) is 457 cm³/mol. The van der Waals surface area contributed by atoms with Crippen molar-refractivity contribution in [2.45, 2.75) is 183 Å². The SMILES string of the molecule is C.C=C1c2ccc(C)cc2C=CN1[C@@H]1O[C@H](CO)C(O)[C@@H]1O.C=C1c2ccc(C)cc2C=CN1[C@H]1CC(O)[C@@H](CO)O1.C=C1c2sccc2C=CN1[C@H]1CC(O)[C@@H](CO)O1.Cc1cc2ccccc2cc1[C@@H]1O[C@H](CO)C(O)[C@@H]1O.Cc1cc2ccccc2cc1[C@H]1CC(O)[C@@H](CO)O1.OC[C@H]1O[C@@H](n2ccc3ccsc3c2=S)[C@@H](O)C1O. The van der Waals surface area contributed by atoms with Crippen molar-refractivity contribution in [3.8, 4) is 0 Å². The van der Waals surface area contributed by atoms with E-state index in [0.29, 0.717) is 29.6 Å². The van der Waals surface area contributed by atoms with Gasteiger partial charge in [-0.25, -0.2) is 0 Å². The van der Waals surface area contributed by atoms with Crippen LogP contribution in [0, 0.1) is 32.3 Å². The van der Waals surface area contributed by atoms with E-state index < -0.39 is 110 Å². The first-order chi connectivity index (χ1) is 56.3. The third kappa shape index (κ3) is 18.8. The average Bonchev–Trinajstić information content (AvgIpc) is 1.62. The number of aliphatic hydroxyl groups excluding tert-OH is 15. The third-order valence-corrected chi connectivity index (χ3v) is 25.0. The van der Waals surface area contributed by atoms with Crippen LogP contribution in [-0.2, 0) is 28.4 Å². The van der Waals surface area contributed by atoms with Gasteiger partial charge in [0.1, 0.15) is 96.4 Å². The molecule has 0 spiro atoms. The smallest absolute Gasteiger partial charge is 0.164 e. The molecule has 28 heteroatoms. The molecule has 118 heavy (non-hydrogen) atoms. The Labute approximate surface area is 698 Å². The Morgan fingerprint density at radius 3 is 1.35 bits per heavy atom. The highest BCUT2D eigenvalue weighted by Gasteiger charge is 2.48. The van der Waals surface area contributed by atoms with Gasteiger partial charge in [-0.15, -0.1) is 22.7 Å². The number of aryl methyl sites for hydroxylation is 4. The summed E-state index contributed by atoms with van der Waals surface area (Å²) in [5.41, 5.74) is 14.3. The molecule has 9 aliphatic heterocycles. The van der Waals surface area contributed by atoms with Crippen LogP contribution < -0.4 is 0 Å². The maximum absolute atomic E-state index is 10.1. The second-order valence-electron chi connectivity index (χ2n) is 30.3. The van der Waals surface area contributed by atoms with Gasteiger partial charge >= 0.3 is 0 Å². The van der Waals surface area contributed by atoms with Crippen molar-refractivity contribution in [2.75, 3.05) is 39.6 Å². The molecular formula is C90H106N4O21S3. The fourth-order valence-corrected chi connectivity index (χ4v) is 18.0. The summed E-state index contributed by atoms with van der Waals surface area (Å²) in [6, 6.07) is 42.6. The Morgan fingerprint density at radius 2 is 0.839 bits per heavy atom. The summed E-state index contributed by atoms with van der Waals surface area (Å²) >= 11 is 8.55. The van der Waals surface area contributed by atoms with Crippen molar-refractivity contribution in [3.63, 3.8) is 0 Å². The first-order valence-electron chi connectivity index (χ1n) is 38.8. The maximum Gasteiger partial charge on any atom is 0.164 e. The van der Waals surface area contributed by atoms with Crippen molar-refractivity contribution in [1.29, 1.82) is 0 Å². The number of hydrogen-bond acceptors (Lipinski definition) is 27. The number of fused-ring (bicyclic) bond motifs is 6. The van der Waals surface area contributed by atoms with E-state index in [1.54, 1.807) is 33.2 Å². The molecule has 6 aromatic carbocycles. The quantitative estimate of drug-likeness (QED) is 0.0506. The van der Waals surface area contributed by atoms with Crippen LogP contribution in [-0.4, -0.2) is 246 Å². The summed E-state index contributed by atoms with van der Waals surface area (Å²) < 4.78 is 36.8. The first-order valence-corrected chi connectivity index (χ1v) is 41.0. The molecule has 6 unspecified atom stereocenters. The standard InChI is InChI=1S/C16H19NO4.C16H19NO3.C16H18O4.C16H18O3.C13H15NO3S.C12H13NO4S2.CH4/c1-9-3-4-12-10(2)17(6-5-11(12)7-9)16-15(20)14(19)13(8-18)21-16;1-10-3-4-13-11(2)17(6-5-12(13)7-10)16-8-14(19)15(9-18)20-16;1-9-6-10-4-2-3-5-11(10)7-12(9)16-15(19)14(18)13(8-17)20-16;1-10-6-11-4-2-3-5-12(11)7-13(10)15-8-14(18)16(9-17)19-15;1-8-13-9(3-5-18-13)2-4-14(8)12-6-10(16)11(7-15)17-12;14-5-7-8(15)9(16)11(17-7)13-3-1-6-2-4-19-10(6)12(13)18;/h3-7,13-16,18-20H,2,8H2,1H3;3-7,14-16,18-19H,2,8-9H2,1H3;2-7,13-19H,8H2,1H3;2-7,14-18H,8-9H2,1H3;2-5,10-12,15-16H,1,6-7H2;1-4,7-9,11,14-16H,5H2;1H4/t13-,14?,15+,16-;14?,15-,16-;13-,14?,15+,16+;14?,15-,16-;10?,11-,12-;7-,8?,9+,11-;/m111111./s1. The lowest BCUT2D eigenvalue weighted by atomic mass is 9.94. The Hall–Kier alpha value is -8.13. The van der Waals surface area contributed by atoms with Gasteiger partial charge in [-0.1, -0.05) is 148 Å². The van der Waals surface area contributed by atoms with Crippen molar-refractivity contribution in [1.82, 2.24) is 19.3 Å². The summed E-state index contributed by atoms with van der Waals surface area (Å²) in [6.45, 7) is 18.9. The van der Waals surface area contributed by atoms with Gasteiger partial charge in [-0.2, -0.15) is 0 Å². The number of thiophene rings is 2. The zero-order valence-electron chi connectivity index (χ0n) is 65.1. The maximum atomic E-state index is 10.1. The van der Waals surface area contributed by atoms with E-state index in [-0.39, 0.29) is 65.6 Å². The number of ether oxygens (including phenoxy) is 6. The third-order valence-electron chi connectivity index (χ3n) is 22.6. The van der Waals surface area contributed by atoms with Gasteiger partial charge in [0, 0.05) is 66.6 Å². The Morgan fingerprint density at radius 1 is 0.407 bits per heavy atom. The minimum absolute atomic E-state index is 0. The Balaban J connectivity index is 0.000000130. The summed E-state index contributed by atoms with van der Waals surface area (Å²) in [6.07, 6.45) is -0.0964. The van der Waals surface area contributed by atoms with Gasteiger partial charge in [-0.05, 0) is 153 Å². The number of nitrogens with zero attached hydrogens (tertiary/aromatic N) is 4. The first kappa shape index (κ1) is 89.1. The highest BCUT2D eigenvalue weighted by Crippen LogP contribution is 2.43. The van der Waals surface area contributed by atoms with E-state index in [0.717, 1.165) is 87.2 Å². The van der Waals surface area contributed by atoms with Crippen molar-refractivity contribution in [2.24, 2.45) is 0 Å². The molecule has 21 atom stereocenters. The summed E-state index contributed by atoms with van der Waals surface area (Å²) in [5.74, 6) is 0. The van der Waals surface area contributed by atoms with Crippen LogP contribution in [0.15, 0.2) is 183 Å². The number of aromatic nitrogens is 1. The van der Waals surface area contributed by atoms with E-state index in [1.807, 2.05) is 138 Å². The molecular weight excluding hydrogens is 1570 g/mol. The number of pyridine rings is 1. The molecule has 0 amide bonds. The molecule has 15 N–H and O–H groups in total. The van der Waals surface area contributed by atoms with Crippen molar-refractivity contribution < 1.29 is 105 Å². The van der Waals surface area contributed by atoms with E-state index in [4.69, 9.17) is 71.3 Å². The zero-order chi connectivity index (χ0) is 83.4. The molecule has 6 saturated heterocycles. The number of hydrogen-bond donors (Lipinski definition) is 15. The number of benzene rings is 6. The van der Waals surface area contributed by atoms with E-state index in [9.17, 15) is 46.0 Å². The zero-order valence-corrected chi connectivity index (χ0v) is 67.6. The number of aliphatic hydroxyl groups is 15. The minimum atomic E-state index is -1.11. The van der Waals surface area contributed by atoms with E-state index in [2.05, 4.69) is 88.2 Å². The molecule has 0 bridgehead atoms. The summed E-state index contributed by atoms with van der Waals surface area (Å²) in [7, 11) is 0. The monoisotopic (exact) mass is 1670 g/mol. The van der Waals surface area contributed by atoms with Gasteiger partial charge in [0.15, 0.2) is 12.5 Å². The average molecular weight is 1680 g/mol. The molecule has 6 fully saturated rings. The molecule has 9 aliphatic rings. The molecule has 0 aliphatic carbocycles. The van der Waals surface area contributed by atoms with Crippen molar-refractivity contribution >= 4 is 102 Å². The second-order valence-corrected chi connectivity index (χ2v) is 32.6. The highest BCUT2D eigenvalue weighted by atomic mass is 32.1. The lowest BCUT2D eigenvalue weighted by molar-refractivity contribution is -0.0613. The highest BCUT2D eigenvalue weighted by molar-refractivity contribution is 7.71. The molecule has 0 saturated carbocycles. The van der Waals surface area contributed by atoms with Gasteiger partial charge in [0.25, 0.3) is 0 Å². The van der Waals surface area contributed by atoms with Gasteiger partial charge in [0.2, 0.25) is 0 Å². The minimum Gasteiger partial charge on any atom is -0.394 e. The van der Waals surface area contributed by atoms with Gasteiger partial charge in [-0.3, -0.25) is 0 Å². The van der Waals surface area contributed by atoms with Crippen LogP contribution in [0.5, 0.6) is 0 Å². The van der Waals surface area contributed by atoms with Crippen LogP contribution in [0.25, 0.3) is 67.0 Å². The van der Waals surface area contributed by atoms with Crippen LogP contribution in [0.3, 0.4) is 0 Å². The second kappa shape index (κ2) is 39.2. The van der Waals surface area contributed by atoms with Gasteiger partial charge in [0.05, 0.1) is 79.3 Å². The fraction of sp³-hybridized carbons (Fsp3) is 0.389. The topological polar surface area (TPSA) is 373 Å². The molecule has 0 radical (unpaired) electrons. The van der Waals surface area contributed by atoms with Gasteiger partial charge < -0.3 is 124 Å². The van der Waals surface area contributed by atoms with Crippen LogP contribution in [0.2, 0.25) is 0 Å². The molecule has 630 valence electrons. The van der Waals surface area contributed by atoms with E-state index in [1.165, 1.54) is 33.2 Å². The molecule has 12 heterocycles. The summed E-state index contributed by atoms with van der Waals surface area (Å²) in [4.78, 5) is 6.68.